The number of aliphatic hydroxyl groups is 1. The first-order valence-electron chi connectivity index (χ1n) is 6.63. The first-order valence-corrected chi connectivity index (χ1v) is 6.63. The van der Waals surface area contributed by atoms with Crippen molar-refractivity contribution in [2.45, 2.75) is 27.1 Å². The highest BCUT2D eigenvalue weighted by Crippen LogP contribution is 2.19. The second-order valence-electron chi connectivity index (χ2n) is 4.40. The molecule has 1 aromatic heterocycles. The Hall–Kier alpha value is -2.14. The van der Waals surface area contributed by atoms with Crippen LogP contribution < -0.4 is 10.1 Å². The number of aliphatic hydroxyl groups excluding tert-OH is 1. The summed E-state index contributed by atoms with van der Waals surface area (Å²) in [6, 6.07) is 9.29. The van der Waals surface area contributed by atoms with Gasteiger partial charge in [0.05, 0.1) is 6.61 Å². The number of anilines is 1. The lowest BCUT2D eigenvalue weighted by Crippen LogP contribution is -2.08. The van der Waals surface area contributed by atoms with Gasteiger partial charge in [-0.05, 0) is 19.9 Å². The van der Waals surface area contributed by atoms with Crippen LogP contribution in [0.15, 0.2) is 30.3 Å². The number of benzene rings is 1. The lowest BCUT2D eigenvalue weighted by atomic mass is 10.2. The van der Waals surface area contributed by atoms with Crippen LogP contribution in [0.25, 0.3) is 0 Å². The Morgan fingerprint density at radius 2 is 2.05 bits per heavy atom. The molecule has 2 aromatic rings. The van der Waals surface area contributed by atoms with E-state index in [2.05, 4.69) is 15.3 Å². The molecule has 0 aliphatic rings. The molecule has 0 spiro atoms. The van der Waals surface area contributed by atoms with Crippen LogP contribution in [0.1, 0.15) is 24.0 Å². The second kappa shape index (κ2) is 6.86. The number of hydrogen-bond acceptors (Lipinski definition) is 5. The van der Waals surface area contributed by atoms with E-state index in [1.165, 1.54) is 0 Å². The van der Waals surface area contributed by atoms with E-state index in [0.29, 0.717) is 11.6 Å². The van der Waals surface area contributed by atoms with Gasteiger partial charge in [-0.3, -0.25) is 0 Å². The maximum Gasteiger partial charge on any atom is 0.168 e. The third-order valence-corrected chi connectivity index (χ3v) is 2.76. The molecule has 5 nitrogen and oxygen atoms in total. The van der Waals surface area contributed by atoms with Crippen molar-refractivity contribution < 1.29 is 9.84 Å². The van der Waals surface area contributed by atoms with Crippen LogP contribution in [0.5, 0.6) is 5.75 Å². The highest BCUT2D eigenvalue weighted by Gasteiger charge is 2.05. The lowest BCUT2D eigenvalue weighted by Gasteiger charge is -2.10. The van der Waals surface area contributed by atoms with Gasteiger partial charge in [-0.25, -0.2) is 9.97 Å². The van der Waals surface area contributed by atoms with Crippen LogP contribution in [0.3, 0.4) is 0 Å². The maximum atomic E-state index is 9.25. The highest BCUT2D eigenvalue weighted by molar-refractivity contribution is 5.36. The Morgan fingerprint density at radius 1 is 1.25 bits per heavy atom. The summed E-state index contributed by atoms with van der Waals surface area (Å²) in [4.78, 5) is 8.73. The van der Waals surface area contributed by atoms with Gasteiger partial charge in [0.15, 0.2) is 5.82 Å². The van der Waals surface area contributed by atoms with Crippen molar-refractivity contribution in [1.29, 1.82) is 0 Å². The molecule has 0 saturated carbocycles. The largest absolute Gasteiger partial charge is 0.485 e. The van der Waals surface area contributed by atoms with Gasteiger partial charge in [-0.1, -0.05) is 18.2 Å². The summed E-state index contributed by atoms with van der Waals surface area (Å²) in [5.41, 5.74) is 1.65. The van der Waals surface area contributed by atoms with Crippen molar-refractivity contribution in [2.24, 2.45) is 0 Å². The average Bonchev–Trinajstić information content (AvgIpc) is 2.45. The van der Waals surface area contributed by atoms with Crippen molar-refractivity contribution in [1.82, 2.24) is 9.97 Å². The zero-order chi connectivity index (χ0) is 14.4. The van der Waals surface area contributed by atoms with Crippen LogP contribution >= 0.6 is 0 Å². The van der Waals surface area contributed by atoms with Crippen molar-refractivity contribution in [3.8, 4) is 5.75 Å². The van der Waals surface area contributed by atoms with Crippen molar-refractivity contribution >= 4 is 5.82 Å². The summed E-state index contributed by atoms with van der Waals surface area (Å²) in [6.45, 7) is 4.98. The Labute approximate surface area is 118 Å². The summed E-state index contributed by atoms with van der Waals surface area (Å²) >= 11 is 0. The Morgan fingerprint density at radius 3 is 2.80 bits per heavy atom. The molecule has 0 bridgehead atoms. The molecule has 0 saturated heterocycles. The predicted molar refractivity (Wildman–Crippen MR) is 77.6 cm³/mol. The average molecular weight is 273 g/mol. The Bertz CT molecular complexity index is 573. The summed E-state index contributed by atoms with van der Waals surface area (Å²) in [5, 5.41) is 12.4. The minimum Gasteiger partial charge on any atom is -0.485 e. The monoisotopic (exact) mass is 273 g/mol. The highest BCUT2D eigenvalue weighted by atomic mass is 16.5. The van der Waals surface area contributed by atoms with Gasteiger partial charge in [-0.2, -0.15) is 0 Å². The quantitative estimate of drug-likeness (QED) is 0.845. The summed E-state index contributed by atoms with van der Waals surface area (Å²) in [6.07, 6.45) is 0. The van der Waals surface area contributed by atoms with Crippen molar-refractivity contribution in [3.05, 3.63) is 47.4 Å². The smallest absolute Gasteiger partial charge is 0.168 e. The van der Waals surface area contributed by atoms with Crippen LogP contribution in [0.4, 0.5) is 5.82 Å². The minimum absolute atomic E-state index is 0.0481. The molecule has 0 amide bonds. The van der Waals surface area contributed by atoms with Gasteiger partial charge in [-0.15, -0.1) is 0 Å². The standard InChI is InChI=1S/C15H19N3O2/c1-3-16-14-8-11(2)17-15(18-14)10-20-13-7-5-4-6-12(13)9-19/h4-8,19H,3,9-10H2,1-2H3,(H,16,17,18). The molecule has 20 heavy (non-hydrogen) atoms. The van der Waals surface area contributed by atoms with Gasteiger partial charge in [0, 0.05) is 23.9 Å². The number of rotatable bonds is 6. The zero-order valence-corrected chi connectivity index (χ0v) is 11.8. The molecule has 0 fully saturated rings. The van der Waals surface area contributed by atoms with E-state index in [1.54, 1.807) is 0 Å². The molecule has 2 N–H and O–H groups in total. The van der Waals surface area contributed by atoms with Crippen LogP contribution in [0.2, 0.25) is 0 Å². The molecule has 0 aliphatic heterocycles. The molecule has 2 rings (SSSR count). The number of hydrogen-bond donors (Lipinski definition) is 2. The van der Waals surface area contributed by atoms with Gasteiger partial charge < -0.3 is 15.2 Å². The molecule has 0 atom stereocenters. The van der Waals surface area contributed by atoms with Crippen LogP contribution in [-0.2, 0) is 13.2 Å². The third kappa shape index (κ3) is 3.68. The summed E-state index contributed by atoms with van der Waals surface area (Å²) in [7, 11) is 0. The van der Waals surface area contributed by atoms with Gasteiger partial charge in [0.2, 0.25) is 0 Å². The Balaban J connectivity index is 2.10. The molecule has 106 valence electrons. The minimum atomic E-state index is -0.0481. The topological polar surface area (TPSA) is 67.3 Å². The second-order valence-corrected chi connectivity index (χ2v) is 4.40. The molecule has 0 radical (unpaired) electrons. The summed E-state index contributed by atoms with van der Waals surface area (Å²) < 4.78 is 5.69. The normalized spacial score (nSPS) is 10.3. The van der Waals surface area contributed by atoms with E-state index in [1.807, 2.05) is 44.2 Å². The summed E-state index contributed by atoms with van der Waals surface area (Å²) in [5.74, 6) is 2.08. The maximum absolute atomic E-state index is 9.25. The molecule has 0 aliphatic carbocycles. The number of ether oxygens (including phenoxy) is 1. The molecule has 1 aromatic carbocycles. The van der Waals surface area contributed by atoms with Crippen LogP contribution in [0, 0.1) is 6.92 Å². The van der Waals surface area contributed by atoms with Crippen molar-refractivity contribution in [2.75, 3.05) is 11.9 Å². The van der Waals surface area contributed by atoms with Gasteiger partial charge >= 0.3 is 0 Å². The van der Waals surface area contributed by atoms with Gasteiger partial charge in [0.25, 0.3) is 0 Å². The fraction of sp³-hybridized carbons (Fsp3) is 0.333. The molecule has 0 unspecified atom stereocenters. The number of para-hydroxylation sites is 1. The Kier molecular flexibility index (Phi) is 4.90. The first-order chi connectivity index (χ1) is 9.72. The van der Waals surface area contributed by atoms with E-state index < -0.39 is 0 Å². The molecule has 1 heterocycles. The molecular weight excluding hydrogens is 254 g/mol. The van der Waals surface area contributed by atoms with E-state index in [4.69, 9.17) is 4.74 Å². The van der Waals surface area contributed by atoms with E-state index >= 15 is 0 Å². The first kappa shape index (κ1) is 14.3. The van der Waals surface area contributed by atoms with E-state index in [9.17, 15) is 5.11 Å². The number of nitrogens with one attached hydrogen (secondary N) is 1. The van der Waals surface area contributed by atoms with Crippen molar-refractivity contribution in [3.63, 3.8) is 0 Å². The fourth-order valence-corrected chi connectivity index (χ4v) is 1.88. The number of aryl methyl sites for hydroxylation is 1. The SMILES string of the molecule is CCNc1cc(C)nc(COc2ccccc2CO)n1. The molecular formula is C15H19N3O2. The third-order valence-electron chi connectivity index (χ3n) is 2.76. The van der Waals surface area contributed by atoms with E-state index in [-0.39, 0.29) is 13.2 Å². The zero-order valence-electron chi connectivity index (χ0n) is 11.8. The van der Waals surface area contributed by atoms with E-state index in [0.717, 1.165) is 23.6 Å². The predicted octanol–water partition coefficient (Wildman–Crippen LogP) is 2.29. The van der Waals surface area contributed by atoms with Gasteiger partial charge in [0.1, 0.15) is 18.2 Å². The number of nitrogens with zero attached hydrogens (tertiary/aromatic N) is 2. The van der Waals surface area contributed by atoms with Crippen LogP contribution in [-0.4, -0.2) is 21.6 Å². The number of aromatic nitrogens is 2. The lowest BCUT2D eigenvalue weighted by molar-refractivity contribution is 0.255. The molecule has 5 heteroatoms. The fourth-order valence-electron chi connectivity index (χ4n) is 1.88.